The molecule has 3 heteroatoms. The summed E-state index contributed by atoms with van der Waals surface area (Å²) in [5.74, 6) is 0. The topological polar surface area (TPSA) is 24.1 Å². The van der Waals surface area contributed by atoms with Gasteiger partial charge in [0.2, 0.25) is 0 Å². The van der Waals surface area contributed by atoms with Crippen molar-refractivity contribution in [3.05, 3.63) is 35.4 Å². The molecule has 1 aliphatic heterocycles. The Bertz CT molecular complexity index is 416. The first-order valence-corrected chi connectivity index (χ1v) is 5.85. The quantitative estimate of drug-likeness (QED) is 0.648. The van der Waals surface area contributed by atoms with Crippen LogP contribution in [0.3, 0.4) is 0 Å². The van der Waals surface area contributed by atoms with Crippen LogP contribution in [0.1, 0.15) is 24.0 Å². The predicted octanol–water partition coefficient (Wildman–Crippen LogP) is 1.70. The van der Waals surface area contributed by atoms with Gasteiger partial charge in [-0.25, -0.2) is 0 Å². The van der Waals surface area contributed by atoms with Crippen molar-refractivity contribution in [3.8, 4) is 0 Å². The Labute approximate surface area is 95.1 Å². The molecule has 1 aromatic carbocycles. The lowest BCUT2D eigenvalue weighted by Crippen LogP contribution is -2.43. The van der Waals surface area contributed by atoms with Gasteiger partial charge in [-0.1, -0.05) is 24.3 Å². The zero-order chi connectivity index (χ0) is 10.3. The van der Waals surface area contributed by atoms with Gasteiger partial charge in [-0.3, -0.25) is 0 Å². The van der Waals surface area contributed by atoms with E-state index >= 15 is 0 Å². The number of hydrogen-bond donors (Lipinski definition) is 2. The number of aryl methyl sites for hydroxylation is 1. The van der Waals surface area contributed by atoms with E-state index in [4.69, 9.17) is 12.2 Å². The fraction of sp³-hybridized carbons (Fsp3) is 0.417. The number of thiocarbonyl (C=S) groups is 1. The molecule has 0 saturated carbocycles. The Morgan fingerprint density at radius 1 is 1.27 bits per heavy atom. The SMILES string of the molecule is S=C1NCC2(CCCc3ccccc32)N1. The first-order chi connectivity index (χ1) is 7.30. The Morgan fingerprint density at radius 2 is 2.13 bits per heavy atom. The van der Waals surface area contributed by atoms with Crippen molar-refractivity contribution in [2.45, 2.75) is 24.8 Å². The molecule has 1 fully saturated rings. The van der Waals surface area contributed by atoms with Crippen LogP contribution in [-0.4, -0.2) is 11.7 Å². The second kappa shape index (κ2) is 3.20. The van der Waals surface area contributed by atoms with Gasteiger partial charge in [-0.2, -0.15) is 0 Å². The summed E-state index contributed by atoms with van der Waals surface area (Å²) in [5, 5.41) is 7.48. The molecule has 0 amide bonds. The van der Waals surface area contributed by atoms with E-state index in [1.54, 1.807) is 0 Å². The van der Waals surface area contributed by atoms with E-state index in [0.29, 0.717) is 0 Å². The Balaban J connectivity index is 2.09. The third-order valence-electron chi connectivity index (χ3n) is 3.49. The van der Waals surface area contributed by atoms with Gasteiger partial charge in [0.1, 0.15) is 0 Å². The van der Waals surface area contributed by atoms with Crippen molar-refractivity contribution in [1.82, 2.24) is 10.6 Å². The van der Waals surface area contributed by atoms with Gasteiger partial charge in [-0.05, 0) is 42.6 Å². The lowest BCUT2D eigenvalue weighted by atomic mass is 9.77. The zero-order valence-corrected chi connectivity index (χ0v) is 9.36. The van der Waals surface area contributed by atoms with Gasteiger partial charge < -0.3 is 10.6 Å². The molecule has 1 aliphatic carbocycles. The van der Waals surface area contributed by atoms with Gasteiger partial charge in [0.05, 0.1) is 5.54 Å². The number of hydrogen-bond acceptors (Lipinski definition) is 1. The summed E-state index contributed by atoms with van der Waals surface area (Å²) in [6.45, 7) is 0.933. The normalized spacial score (nSPS) is 28.4. The third-order valence-corrected chi connectivity index (χ3v) is 3.73. The molecule has 1 atom stereocenters. The Hall–Kier alpha value is -1.09. The molecule has 15 heavy (non-hydrogen) atoms. The molecule has 1 spiro atoms. The molecule has 0 aromatic heterocycles. The third kappa shape index (κ3) is 1.34. The lowest BCUT2D eigenvalue weighted by Gasteiger charge is -2.35. The van der Waals surface area contributed by atoms with E-state index in [9.17, 15) is 0 Å². The van der Waals surface area contributed by atoms with Crippen LogP contribution in [0.15, 0.2) is 24.3 Å². The van der Waals surface area contributed by atoms with Crippen molar-refractivity contribution in [3.63, 3.8) is 0 Å². The van der Waals surface area contributed by atoms with E-state index in [2.05, 4.69) is 34.9 Å². The van der Waals surface area contributed by atoms with Crippen LogP contribution >= 0.6 is 12.2 Å². The minimum Gasteiger partial charge on any atom is -0.360 e. The molecule has 2 nitrogen and oxygen atoms in total. The van der Waals surface area contributed by atoms with Crippen LogP contribution < -0.4 is 10.6 Å². The first kappa shape index (κ1) is 9.16. The second-order valence-electron chi connectivity index (χ2n) is 4.40. The minimum absolute atomic E-state index is 0.0753. The fourth-order valence-electron chi connectivity index (χ4n) is 2.77. The highest BCUT2D eigenvalue weighted by Crippen LogP contribution is 2.36. The molecule has 2 aliphatic rings. The highest BCUT2D eigenvalue weighted by atomic mass is 32.1. The summed E-state index contributed by atoms with van der Waals surface area (Å²) in [4.78, 5) is 0. The summed E-state index contributed by atoms with van der Waals surface area (Å²) in [5.41, 5.74) is 2.98. The summed E-state index contributed by atoms with van der Waals surface area (Å²) in [7, 11) is 0. The Morgan fingerprint density at radius 3 is 2.93 bits per heavy atom. The molecule has 1 heterocycles. The molecule has 1 aromatic rings. The fourth-order valence-corrected chi connectivity index (χ4v) is 3.04. The predicted molar refractivity (Wildman–Crippen MR) is 64.8 cm³/mol. The lowest BCUT2D eigenvalue weighted by molar-refractivity contribution is 0.363. The molecule has 1 unspecified atom stereocenters. The molecule has 0 radical (unpaired) electrons. The first-order valence-electron chi connectivity index (χ1n) is 5.45. The maximum atomic E-state index is 5.18. The van der Waals surface area contributed by atoms with E-state index in [1.807, 2.05) is 0 Å². The number of benzene rings is 1. The van der Waals surface area contributed by atoms with Gasteiger partial charge >= 0.3 is 0 Å². The van der Waals surface area contributed by atoms with Crippen molar-refractivity contribution >= 4 is 17.3 Å². The average molecular weight is 218 g/mol. The van der Waals surface area contributed by atoms with Gasteiger partial charge in [0.15, 0.2) is 5.11 Å². The van der Waals surface area contributed by atoms with Gasteiger partial charge in [0, 0.05) is 6.54 Å². The monoisotopic (exact) mass is 218 g/mol. The van der Waals surface area contributed by atoms with E-state index in [0.717, 1.165) is 11.7 Å². The molecule has 0 bridgehead atoms. The van der Waals surface area contributed by atoms with E-state index < -0.39 is 0 Å². The average Bonchev–Trinajstić information content (AvgIpc) is 2.62. The van der Waals surface area contributed by atoms with Crippen LogP contribution in [-0.2, 0) is 12.0 Å². The van der Waals surface area contributed by atoms with Crippen LogP contribution in [0.4, 0.5) is 0 Å². The maximum absolute atomic E-state index is 5.18. The zero-order valence-electron chi connectivity index (χ0n) is 8.55. The molecule has 1 saturated heterocycles. The molecule has 2 N–H and O–H groups in total. The van der Waals surface area contributed by atoms with Crippen molar-refractivity contribution in [1.29, 1.82) is 0 Å². The second-order valence-corrected chi connectivity index (χ2v) is 4.81. The molecular formula is C12H14N2S. The summed E-state index contributed by atoms with van der Waals surface area (Å²) >= 11 is 5.18. The smallest absolute Gasteiger partial charge is 0.167 e. The molecule has 3 rings (SSSR count). The number of nitrogens with one attached hydrogen (secondary N) is 2. The summed E-state index contributed by atoms with van der Waals surface area (Å²) in [6, 6.07) is 8.71. The highest BCUT2D eigenvalue weighted by Gasteiger charge is 2.40. The van der Waals surface area contributed by atoms with E-state index in [-0.39, 0.29) is 5.54 Å². The van der Waals surface area contributed by atoms with Gasteiger partial charge in [-0.15, -0.1) is 0 Å². The number of fused-ring (bicyclic) bond motifs is 2. The molecular weight excluding hydrogens is 204 g/mol. The van der Waals surface area contributed by atoms with Crippen molar-refractivity contribution in [2.75, 3.05) is 6.54 Å². The summed E-state index contributed by atoms with van der Waals surface area (Å²) in [6.07, 6.45) is 3.62. The van der Waals surface area contributed by atoms with Crippen molar-refractivity contribution < 1.29 is 0 Å². The highest BCUT2D eigenvalue weighted by molar-refractivity contribution is 7.80. The Kier molecular flexibility index (Phi) is 1.96. The van der Waals surface area contributed by atoms with Gasteiger partial charge in [0.25, 0.3) is 0 Å². The number of rotatable bonds is 0. The standard InChI is InChI=1S/C12H14N2S/c15-11-13-8-12(14-11)7-3-5-9-4-1-2-6-10(9)12/h1-2,4,6H,3,5,7-8H2,(H2,13,14,15). The van der Waals surface area contributed by atoms with Crippen LogP contribution in [0.5, 0.6) is 0 Å². The largest absolute Gasteiger partial charge is 0.360 e. The minimum atomic E-state index is 0.0753. The van der Waals surface area contributed by atoms with Crippen LogP contribution in [0.25, 0.3) is 0 Å². The van der Waals surface area contributed by atoms with E-state index in [1.165, 1.54) is 30.4 Å². The van der Waals surface area contributed by atoms with Crippen LogP contribution in [0, 0.1) is 0 Å². The van der Waals surface area contributed by atoms with Crippen LogP contribution in [0.2, 0.25) is 0 Å². The summed E-state index contributed by atoms with van der Waals surface area (Å²) < 4.78 is 0. The van der Waals surface area contributed by atoms with Crippen molar-refractivity contribution in [2.24, 2.45) is 0 Å². The molecule has 78 valence electrons. The maximum Gasteiger partial charge on any atom is 0.167 e.